The molecule has 22 heteroatoms. The second-order valence-electron chi connectivity index (χ2n) is 7.00. The highest BCUT2D eigenvalue weighted by Gasteiger charge is 2.33. The molecule has 0 fully saturated rings. The normalized spacial score (nSPS) is 10.4. The van der Waals surface area contributed by atoms with Crippen LogP contribution < -0.4 is 13.6 Å². The van der Waals surface area contributed by atoms with Crippen LogP contribution in [-0.4, -0.2) is 29.5 Å². The molecule has 0 aromatic heterocycles. The Labute approximate surface area is 219 Å². The van der Waals surface area contributed by atoms with Gasteiger partial charge in [-0.05, 0) is 18.2 Å². The second-order valence-corrected chi connectivity index (χ2v) is 7.99. The van der Waals surface area contributed by atoms with E-state index in [0.717, 1.165) is 36.4 Å². The molecular weight excluding hydrogens is 571 g/mol. The fraction of sp³-hybridized carbons (Fsp3) is 0. The van der Waals surface area contributed by atoms with Gasteiger partial charge in [-0.2, -0.15) is 0 Å². The molecule has 0 radical (unpaired) electrons. The van der Waals surface area contributed by atoms with Gasteiger partial charge < -0.3 is 13.6 Å². The Morgan fingerprint density at radius 1 is 0.425 bits per heavy atom. The number of hydrogen-bond donors (Lipinski definition) is 0. The molecule has 0 bridgehead atoms. The first-order chi connectivity index (χ1) is 18.8. The molecule has 3 rings (SSSR count). The van der Waals surface area contributed by atoms with Crippen LogP contribution in [0.25, 0.3) is 0 Å². The first-order valence-electron chi connectivity index (χ1n) is 9.91. The topological polar surface area (TPSA) is 287 Å². The summed E-state index contributed by atoms with van der Waals surface area (Å²) in [6.07, 6.45) is 0. The van der Waals surface area contributed by atoms with Gasteiger partial charge >= 0.3 is 25.7 Å². The molecule has 3 aromatic rings. The summed E-state index contributed by atoms with van der Waals surface area (Å²) >= 11 is 0. The highest BCUT2D eigenvalue weighted by Crippen LogP contribution is 2.49. The molecule has 0 atom stereocenters. The Hall–Kier alpha value is -6.11. The second kappa shape index (κ2) is 11.5. The van der Waals surface area contributed by atoms with Gasteiger partial charge in [0.2, 0.25) is 17.2 Å². The maximum atomic E-state index is 11.5. The molecule has 0 saturated carbocycles. The van der Waals surface area contributed by atoms with Gasteiger partial charge in [0.15, 0.2) is 0 Å². The van der Waals surface area contributed by atoms with Crippen molar-refractivity contribution < 1.29 is 43.1 Å². The van der Waals surface area contributed by atoms with Gasteiger partial charge in [-0.1, -0.05) is 0 Å². The van der Waals surface area contributed by atoms with Crippen molar-refractivity contribution in [1.29, 1.82) is 0 Å². The Morgan fingerprint density at radius 2 is 0.675 bits per heavy atom. The minimum Gasteiger partial charge on any atom is -0.401 e. The summed E-state index contributed by atoms with van der Waals surface area (Å²) in [6, 6.07) is 6.16. The van der Waals surface area contributed by atoms with Crippen molar-refractivity contribution in [1.82, 2.24) is 0 Å². The lowest BCUT2D eigenvalue weighted by Gasteiger charge is -2.17. The smallest absolute Gasteiger partial charge is 0.401 e. The van der Waals surface area contributed by atoms with Gasteiger partial charge in [0.1, 0.15) is 0 Å². The summed E-state index contributed by atoms with van der Waals surface area (Å²) in [5, 5.41) is 67.6. The third kappa shape index (κ3) is 6.41. The first kappa shape index (κ1) is 28.5. The zero-order valence-electron chi connectivity index (χ0n) is 19.0. The molecule has 0 unspecified atom stereocenters. The van der Waals surface area contributed by atoms with Gasteiger partial charge in [-0.3, -0.25) is 60.7 Å². The number of nitro groups is 6. The van der Waals surface area contributed by atoms with E-state index in [1.165, 1.54) is 0 Å². The predicted molar refractivity (Wildman–Crippen MR) is 128 cm³/mol. The third-order valence-corrected chi connectivity index (χ3v) is 5.61. The molecule has 0 aliphatic carbocycles. The van der Waals surface area contributed by atoms with Crippen molar-refractivity contribution in [3.63, 3.8) is 0 Å². The summed E-state index contributed by atoms with van der Waals surface area (Å²) in [7, 11) is -3.21. The van der Waals surface area contributed by atoms with E-state index in [2.05, 4.69) is 0 Å². The molecule has 0 heterocycles. The van der Waals surface area contributed by atoms with E-state index in [0.29, 0.717) is 18.2 Å². The molecule has 0 saturated heterocycles. The predicted octanol–water partition coefficient (Wildman–Crippen LogP) is 4.90. The minimum atomic E-state index is -3.21. The number of hydrogen-bond acceptors (Lipinski definition) is 15. The number of rotatable bonds is 12. The zero-order chi connectivity index (χ0) is 29.7. The van der Waals surface area contributed by atoms with Crippen LogP contribution in [0.1, 0.15) is 0 Å². The van der Waals surface area contributed by atoms with Crippen LogP contribution in [0, 0.1) is 60.7 Å². The summed E-state index contributed by atoms with van der Waals surface area (Å²) in [5.74, 6) is -2.22. The van der Waals surface area contributed by atoms with Crippen LogP contribution >= 0.6 is 8.60 Å². The molecule has 3 aromatic carbocycles. The highest BCUT2D eigenvalue weighted by molar-refractivity contribution is 7.43. The third-order valence-electron chi connectivity index (χ3n) is 4.57. The van der Waals surface area contributed by atoms with E-state index in [4.69, 9.17) is 13.6 Å². The van der Waals surface area contributed by atoms with Crippen LogP contribution in [0.3, 0.4) is 0 Å². The molecule has 206 valence electrons. The molecule has 21 nitrogen and oxygen atoms in total. The lowest BCUT2D eigenvalue weighted by molar-refractivity contribution is -0.394. The van der Waals surface area contributed by atoms with Crippen LogP contribution in [0.2, 0.25) is 0 Å². The summed E-state index contributed by atoms with van der Waals surface area (Å²) in [6.45, 7) is 0. The summed E-state index contributed by atoms with van der Waals surface area (Å²) in [5.41, 5.74) is -5.15. The van der Waals surface area contributed by atoms with Crippen molar-refractivity contribution in [3.05, 3.63) is 115 Å². The Kier molecular flexibility index (Phi) is 8.19. The van der Waals surface area contributed by atoms with Crippen molar-refractivity contribution in [3.8, 4) is 17.2 Å². The molecule has 0 spiro atoms. The summed E-state index contributed by atoms with van der Waals surface area (Å²) < 4.78 is 16.0. The SMILES string of the molecule is O=[N+]([O-])c1ccc(OP(Oc2ccc([N+](=O)[O-])cc2[N+](=O)[O-])Oc2ccc([N+](=O)[O-])cc2[N+](=O)[O-])c([N+](=O)[O-])c1. The Morgan fingerprint density at radius 3 is 0.875 bits per heavy atom. The van der Waals surface area contributed by atoms with E-state index < -0.39 is 89.5 Å². The summed E-state index contributed by atoms with van der Waals surface area (Å²) in [4.78, 5) is 61.5. The fourth-order valence-corrected chi connectivity index (χ4v) is 3.87. The minimum absolute atomic E-state index is 0.505. The molecule has 0 aliphatic heterocycles. The quantitative estimate of drug-likeness (QED) is 0.156. The standard InChI is InChI=1S/C18H9N6O15P/c25-19(26)10-1-4-16(13(7-10)22(31)32)37-40(38-17-5-2-11(20(27)28)8-14(17)23(33)34)39-18-6-3-12(21(29)30)9-15(18)24(35)36/h1-9H. The van der Waals surface area contributed by atoms with E-state index >= 15 is 0 Å². The first-order valence-corrected chi connectivity index (χ1v) is 11.0. The van der Waals surface area contributed by atoms with E-state index in [1.54, 1.807) is 0 Å². The van der Waals surface area contributed by atoms with Crippen molar-refractivity contribution >= 4 is 42.7 Å². The fourth-order valence-electron chi connectivity index (χ4n) is 2.81. The van der Waals surface area contributed by atoms with E-state index in [-0.39, 0.29) is 0 Å². The van der Waals surface area contributed by atoms with Gasteiger partial charge in [-0.15, -0.1) is 0 Å². The Balaban J connectivity index is 2.13. The number of non-ortho nitro benzene ring substituents is 3. The Bertz CT molecular complexity index is 1400. The van der Waals surface area contributed by atoms with Crippen LogP contribution in [0.5, 0.6) is 17.2 Å². The van der Waals surface area contributed by atoms with E-state index in [9.17, 15) is 60.7 Å². The molecule has 0 N–H and O–H groups in total. The molecule has 40 heavy (non-hydrogen) atoms. The average molecular weight is 580 g/mol. The lowest BCUT2D eigenvalue weighted by Crippen LogP contribution is -2.07. The number of nitrogens with zero attached hydrogens (tertiary/aromatic N) is 6. The van der Waals surface area contributed by atoms with Crippen molar-refractivity contribution in [2.45, 2.75) is 0 Å². The van der Waals surface area contributed by atoms with Crippen LogP contribution in [0.15, 0.2) is 54.6 Å². The average Bonchev–Trinajstić information content (AvgIpc) is 2.88. The maximum absolute atomic E-state index is 11.5. The van der Waals surface area contributed by atoms with Gasteiger partial charge in [0, 0.05) is 18.2 Å². The van der Waals surface area contributed by atoms with Crippen molar-refractivity contribution in [2.24, 2.45) is 0 Å². The van der Waals surface area contributed by atoms with Crippen LogP contribution in [0.4, 0.5) is 34.1 Å². The highest BCUT2D eigenvalue weighted by atomic mass is 31.2. The van der Waals surface area contributed by atoms with Gasteiger partial charge in [0.05, 0.1) is 47.7 Å². The van der Waals surface area contributed by atoms with Crippen LogP contribution in [-0.2, 0) is 0 Å². The lowest BCUT2D eigenvalue weighted by atomic mass is 10.2. The van der Waals surface area contributed by atoms with Gasteiger partial charge in [0.25, 0.3) is 17.1 Å². The van der Waals surface area contributed by atoms with Gasteiger partial charge in [-0.25, -0.2) is 0 Å². The maximum Gasteiger partial charge on any atom is 0.531 e. The zero-order valence-corrected chi connectivity index (χ0v) is 19.8. The molecular formula is C18H9N6O15P. The monoisotopic (exact) mass is 580 g/mol. The largest absolute Gasteiger partial charge is 0.531 e. The van der Waals surface area contributed by atoms with Crippen molar-refractivity contribution in [2.75, 3.05) is 0 Å². The number of benzene rings is 3. The van der Waals surface area contributed by atoms with E-state index in [1.807, 2.05) is 0 Å². The molecule has 0 aliphatic rings. The molecule has 0 amide bonds. The number of nitro benzene ring substituents is 6.